The van der Waals surface area contributed by atoms with Crippen LogP contribution in [0, 0.1) is 17.8 Å². The highest BCUT2D eigenvalue weighted by molar-refractivity contribution is 6.00. The molecule has 2 rings (SSSR count). The molecule has 1 saturated heterocycles. The Hall–Kier alpha value is -2.37. The van der Waals surface area contributed by atoms with Crippen LogP contribution >= 0.6 is 0 Å². The van der Waals surface area contributed by atoms with E-state index in [0.717, 1.165) is 5.56 Å². The summed E-state index contributed by atoms with van der Waals surface area (Å²) >= 11 is 0. The summed E-state index contributed by atoms with van der Waals surface area (Å²) in [6.45, 7) is 7.23. The van der Waals surface area contributed by atoms with Gasteiger partial charge in [-0.3, -0.25) is 14.4 Å². The van der Waals surface area contributed by atoms with E-state index in [2.05, 4.69) is 5.32 Å². The van der Waals surface area contributed by atoms with E-state index in [1.807, 2.05) is 30.3 Å². The molecule has 148 valence electrons. The van der Waals surface area contributed by atoms with E-state index < -0.39 is 29.8 Å². The van der Waals surface area contributed by atoms with Crippen molar-refractivity contribution in [3.8, 4) is 0 Å². The van der Waals surface area contributed by atoms with Gasteiger partial charge in [0.05, 0.1) is 18.6 Å². The monoisotopic (exact) mass is 375 g/mol. The van der Waals surface area contributed by atoms with Crippen molar-refractivity contribution in [1.29, 1.82) is 0 Å². The zero-order chi connectivity index (χ0) is 20.0. The number of ether oxygens (including phenoxy) is 2. The number of benzene rings is 1. The number of aryl methyl sites for hydroxylation is 1. The van der Waals surface area contributed by atoms with E-state index in [-0.39, 0.29) is 24.6 Å². The first-order valence-corrected chi connectivity index (χ1v) is 9.56. The van der Waals surface area contributed by atoms with Crippen LogP contribution < -0.4 is 5.32 Å². The van der Waals surface area contributed by atoms with Gasteiger partial charge in [-0.15, -0.1) is 0 Å². The Morgan fingerprint density at radius 1 is 1.15 bits per heavy atom. The smallest absolute Gasteiger partial charge is 0.318 e. The maximum atomic E-state index is 12.7. The van der Waals surface area contributed by atoms with Crippen LogP contribution in [-0.4, -0.2) is 36.6 Å². The molecule has 0 bridgehead atoms. The number of esters is 2. The normalized spacial score (nSPS) is 25.0. The van der Waals surface area contributed by atoms with Gasteiger partial charge < -0.3 is 14.8 Å². The second-order valence-electron chi connectivity index (χ2n) is 7.23. The number of nitrogens with one attached hydrogen (secondary N) is 1. The molecule has 1 aromatic carbocycles. The van der Waals surface area contributed by atoms with Gasteiger partial charge in [0, 0.05) is 6.04 Å². The zero-order valence-electron chi connectivity index (χ0n) is 16.4. The lowest BCUT2D eigenvalue weighted by Crippen LogP contribution is -2.58. The molecule has 1 heterocycles. The predicted octanol–water partition coefficient (Wildman–Crippen LogP) is 2.50. The van der Waals surface area contributed by atoms with E-state index in [9.17, 15) is 14.4 Å². The molecule has 1 N–H and O–H groups in total. The van der Waals surface area contributed by atoms with Gasteiger partial charge in [0.1, 0.15) is 5.92 Å². The van der Waals surface area contributed by atoms with Gasteiger partial charge in [-0.1, -0.05) is 30.3 Å². The third kappa shape index (κ3) is 5.31. The van der Waals surface area contributed by atoms with Crippen molar-refractivity contribution < 1.29 is 23.9 Å². The molecule has 27 heavy (non-hydrogen) atoms. The lowest BCUT2D eigenvalue weighted by Gasteiger charge is -2.39. The second-order valence-corrected chi connectivity index (χ2v) is 7.23. The van der Waals surface area contributed by atoms with Crippen molar-refractivity contribution in [2.75, 3.05) is 6.61 Å². The molecule has 6 heteroatoms. The predicted molar refractivity (Wildman–Crippen MR) is 101 cm³/mol. The molecule has 0 saturated carbocycles. The molecule has 4 atom stereocenters. The van der Waals surface area contributed by atoms with Crippen molar-refractivity contribution >= 4 is 17.8 Å². The third-order valence-corrected chi connectivity index (χ3v) is 4.85. The van der Waals surface area contributed by atoms with Crippen molar-refractivity contribution in [2.45, 2.75) is 52.7 Å². The molecule has 0 unspecified atom stereocenters. The molecule has 1 aliphatic heterocycles. The zero-order valence-corrected chi connectivity index (χ0v) is 16.4. The number of rotatable bonds is 7. The van der Waals surface area contributed by atoms with Gasteiger partial charge in [-0.2, -0.15) is 0 Å². The number of hydrogen-bond donors (Lipinski definition) is 1. The molecule has 1 amide bonds. The Kier molecular flexibility index (Phi) is 7.39. The summed E-state index contributed by atoms with van der Waals surface area (Å²) in [4.78, 5) is 37.8. The highest BCUT2D eigenvalue weighted by atomic mass is 16.5. The Morgan fingerprint density at radius 2 is 1.81 bits per heavy atom. The summed E-state index contributed by atoms with van der Waals surface area (Å²) in [6, 6.07) is 9.40. The van der Waals surface area contributed by atoms with Crippen LogP contribution in [0.1, 0.15) is 39.7 Å². The van der Waals surface area contributed by atoms with Gasteiger partial charge in [0.15, 0.2) is 0 Å². The van der Waals surface area contributed by atoms with E-state index in [1.165, 1.54) is 0 Å². The maximum Gasteiger partial charge on any atom is 0.318 e. The first-order chi connectivity index (χ1) is 12.8. The summed E-state index contributed by atoms with van der Waals surface area (Å²) in [5.41, 5.74) is 1.09. The molecular weight excluding hydrogens is 346 g/mol. The molecular formula is C21H29NO5. The van der Waals surface area contributed by atoms with E-state index >= 15 is 0 Å². The summed E-state index contributed by atoms with van der Waals surface area (Å²) < 4.78 is 10.5. The fourth-order valence-corrected chi connectivity index (χ4v) is 3.70. The summed E-state index contributed by atoms with van der Waals surface area (Å²) in [5.74, 6) is -3.42. The molecule has 1 fully saturated rings. The average molecular weight is 375 g/mol. The van der Waals surface area contributed by atoms with E-state index in [0.29, 0.717) is 12.8 Å². The molecule has 1 aliphatic rings. The average Bonchev–Trinajstić information content (AvgIpc) is 2.59. The topological polar surface area (TPSA) is 81.7 Å². The highest BCUT2D eigenvalue weighted by Crippen LogP contribution is 2.35. The Labute approximate surface area is 160 Å². The third-order valence-electron chi connectivity index (χ3n) is 4.85. The number of carbonyl (C=O) groups excluding carboxylic acids is 3. The fourth-order valence-electron chi connectivity index (χ4n) is 3.70. The Morgan fingerprint density at radius 3 is 2.41 bits per heavy atom. The number of piperidine rings is 1. The molecule has 0 spiro atoms. The Balaban J connectivity index is 2.30. The largest absolute Gasteiger partial charge is 0.465 e. The van der Waals surface area contributed by atoms with Crippen LogP contribution in [0.2, 0.25) is 0 Å². The van der Waals surface area contributed by atoms with Crippen molar-refractivity contribution in [2.24, 2.45) is 17.8 Å². The minimum absolute atomic E-state index is 0.185. The van der Waals surface area contributed by atoms with Crippen LogP contribution in [-0.2, 0) is 30.3 Å². The number of amides is 1. The fraction of sp³-hybridized carbons (Fsp3) is 0.571. The number of carbonyl (C=O) groups is 3. The van der Waals surface area contributed by atoms with Gasteiger partial charge in [-0.05, 0) is 52.0 Å². The number of hydrogen-bond acceptors (Lipinski definition) is 5. The standard InChI is InChI=1S/C21H29NO5/c1-5-26-20(24)18-16(12-11-15-9-7-6-8-10-15)17(14(4)22-19(18)23)21(25)27-13(2)3/h6-10,13-14,16-18H,5,11-12H2,1-4H3,(H,22,23)/t14-,16+,17+,18-/m0/s1. The van der Waals surface area contributed by atoms with Gasteiger partial charge in [0.25, 0.3) is 0 Å². The second kappa shape index (κ2) is 9.53. The maximum absolute atomic E-state index is 12.7. The quantitative estimate of drug-likeness (QED) is 0.585. The van der Waals surface area contributed by atoms with E-state index in [4.69, 9.17) is 9.47 Å². The molecule has 0 aromatic heterocycles. The van der Waals surface area contributed by atoms with Gasteiger partial charge in [-0.25, -0.2) is 0 Å². The van der Waals surface area contributed by atoms with Crippen molar-refractivity contribution in [3.63, 3.8) is 0 Å². The van der Waals surface area contributed by atoms with Crippen LogP contribution in [0.25, 0.3) is 0 Å². The highest BCUT2D eigenvalue weighted by Gasteiger charge is 2.50. The first kappa shape index (κ1) is 20.9. The van der Waals surface area contributed by atoms with Crippen LogP contribution in [0.3, 0.4) is 0 Å². The van der Waals surface area contributed by atoms with Crippen LogP contribution in [0.5, 0.6) is 0 Å². The summed E-state index contributed by atoms with van der Waals surface area (Å²) in [7, 11) is 0. The van der Waals surface area contributed by atoms with Crippen LogP contribution in [0.4, 0.5) is 0 Å². The molecule has 0 radical (unpaired) electrons. The SMILES string of the molecule is CCOC(=O)[C@@H]1C(=O)N[C@@H](C)[C@@H](C(=O)OC(C)C)[C@H]1CCc1ccccc1. The van der Waals surface area contributed by atoms with Gasteiger partial charge >= 0.3 is 11.9 Å². The molecule has 6 nitrogen and oxygen atoms in total. The lowest BCUT2D eigenvalue weighted by atomic mass is 9.71. The van der Waals surface area contributed by atoms with Crippen molar-refractivity contribution in [1.82, 2.24) is 5.32 Å². The first-order valence-electron chi connectivity index (χ1n) is 9.56. The van der Waals surface area contributed by atoms with Crippen LogP contribution in [0.15, 0.2) is 30.3 Å². The van der Waals surface area contributed by atoms with Gasteiger partial charge in [0.2, 0.25) is 5.91 Å². The molecule has 1 aromatic rings. The minimum atomic E-state index is -1.01. The van der Waals surface area contributed by atoms with Crippen molar-refractivity contribution in [3.05, 3.63) is 35.9 Å². The minimum Gasteiger partial charge on any atom is -0.465 e. The van der Waals surface area contributed by atoms with E-state index in [1.54, 1.807) is 27.7 Å². The lowest BCUT2D eigenvalue weighted by molar-refractivity contribution is -0.166. The Bertz CT molecular complexity index is 650. The molecule has 0 aliphatic carbocycles. The summed E-state index contributed by atoms with van der Waals surface area (Å²) in [5, 5.41) is 2.76. The summed E-state index contributed by atoms with van der Waals surface area (Å²) in [6.07, 6.45) is 0.911.